The Morgan fingerprint density at radius 2 is 1.70 bits per heavy atom. The largest absolute Gasteiger partial charge is 0.370 e. The molecule has 0 fully saturated rings. The van der Waals surface area contributed by atoms with E-state index in [2.05, 4.69) is 12.2 Å². The molecule has 4 heteroatoms. The predicted molar refractivity (Wildman–Crippen MR) is 81.1 cm³/mol. The Morgan fingerprint density at radius 1 is 1.15 bits per heavy atom. The molecular weight excluding hydrogens is 258 g/mol. The number of benzene rings is 1. The van der Waals surface area contributed by atoms with Crippen molar-refractivity contribution in [3.05, 3.63) is 29.3 Å². The highest BCUT2D eigenvalue weighted by Crippen LogP contribution is 2.24. The summed E-state index contributed by atoms with van der Waals surface area (Å²) in [4.78, 5) is 1.65. The van der Waals surface area contributed by atoms with Gasteiger partial charge in [0.05, 0.1) is 0 Å². The summed E-state index contributed by atoms with van der Waals surface area (Å²) in [7, 11) is 1.73. The molecule has 1 aromatic carbocycles. The first-order valence-electron chi connectivity index (χ1n) is 7.18. The van der Waals surface area contributed by atoms with E-state index in [1.807, 2.05) is 20.8 Å². The van der Waals surface area contributed by atoms with E-state index >= 15 is 0 Å². The SMILES string of the molecule is CCCCN(C)c1c(F)cc(CNC(C)(C)C)cc1F. The van der Waals surface area contributed by atoms with Crippen LogP contribution in [0.1, 0.15) is 46.1 Å². The van der Waals surface area contributed by atoms with Crippen molar-refractivity contribution in [3.63, 3.8) is 0 Å². The predicted octanol–water partition coefficient (Wildman–Crippen LogP) is 4.09. The van der Waals surface area contributed by atoms with E-state index in [1.165, 1.54) is 12.1 Å². The van der Waals surface area contributed by atoms with E-state index in [4.69, 9.17) is 0 Å². The number of halogens is 2. The second kappa shape index (κ2) is 7.02. The molecule has 1 aromatic rings. The van der Waals surface area contributed by atoms with Crippen molar-refractivity contribution < 1.29 is 8.78 Å². The van der Waals surface area contributed by atoms with Gasteiger partial charge in [0, 0.05) is 25.7 Å². The first-order valence-corrected chi connectivity index (χ1v) is 7.18. The number of hydrogen-bond acceptors (Lipinski definition) is 2. The van der Waals surface area contributed by atoms with Gasteiger partial charge in [-0.3, -0.25) is 0 Å². The maximum Gasteiger partial charge on any atom is 0.149 e. The molecule has 0 saturated carbocycles. The number of anilines is 1. The Labute approximate surface area is 121 Å². The molecule has 0 aliphatic carbocycles. The van der Waals surface area contributed by atoms with E-state index in [-0.39, 0.29) is 11.2 Å². The van der Waals surface area contributed by atoms with E-state index in [9.17, 15) is 8.78 Å². The van der Waals surface area contributed by atoms with Crippen molar-refractivity contribution >= 4 is 5.69 Å². The Bertz CT molecular complexity index is 416. The molecule has 20 heavy (non-hydrogen) atoms. The number of rotatable bonds is 6. The Hall–Kier alpha value is -1.16. The molecule has 0 bridgehead atoms. The molecule has 2 nitrogen and oxygen atoms in total. The average Bonchev–Trinajstić information content (AvgIpc) is 2.32. The van der Waals surface area contributed by atoms with Crippen LogP contribution >= 0.6 is 0 Å². The third-order valence-corrected chi connectivity index (χ3v) is 3.13. The number of unbranched alkanes of at least 4 members (excludes halogenated alkanes) is 1. The molecule has 0 spiro atoms. The van der Waals surface area contributed by atoms with Gasteiger partial charge in [0.15, 0.2) is 0 Å². The van der Waals surface area contributed by atoms with E-state index in [0.29, 0.717) is 18.7 Å². The summed E-state index contributed by atoms with van der Waals surface area (Å²) >= 11 is 0. The van der Waals surface area contributed by atoms with Gasteiger partial charge in [0.25, 0.3) is 0 Å². The molecule has 0 unspecified atom stereocenters. The molecule has 0 atom stereocenters. The zero-order valence-corrected chi connectivity index (χ0v) is 13.2. The molecule has 0 heterocycles. The maximum absolute atomic E-state index is 14.1. The summed E-state index contributed by atoms with van der Waals surface area (Å²) < 4.78 is 28.2. The van der Waals surface area contributed by atoms with Gasteiger partial charge in [-0.15, -0.1) is 0 Å². The van der Waals surface area contributed by atoms with Gasteiger partial charge in [0.2, 0.25) is 0 Å². The molecule has 0 aliphatic rings. The molecule has 114 valence electrons. The molecule has 0 aromatic heterocycles. The molecular formula is C16H26F2N2. The van der Waals surface area contributed by atoms with Gasteiger partial charge in [-0.2, -0.15) is 0 Å². The zero-order chi connectivity index (χ0) is 15.3. The first-order chi connectivity index (χ1) is 9.24. The van der Waals surface area contributed by atoms with Gasteiger partial charge in [-0.25, -0.2) is 8.78 Å². The lowest BCUT2D eigenvalue weighted by atomic mass is 10.1. The number of nitrogens with zero attached hydrogens (tertiary/aromatic N) is 1. The highest BCUT2D eigenvalue weighted by atomic mass is 19.1. The van der Waals surface area contributed by atoms with Crippen LogP contribution in [-0.4, -0.2) is 19.1 Å². The molecule has 0 aliphatic heterocycles. The Balaban J connectivity index is 2.86. The van der Waals surface area contributed by atoms with Crippen molar-refractivity contribution in [1.82, 2.24) is 5.32 Å². The number of hydrogen-bond donors (Lipinski definition) is 1. The van der Waals surface area contributed by atoms with Gasteiger partial charge in [-0.05, 0) is 44.9 Å². The first kappa shape index (κ1) is 16.9. The van der Waals surface area contributed by atoms with Crippen molar-refractivity contribution in [2.75, 3.05) is 18.5 Å². The monoisotopic (exact) mass is 284 g/mol. The Morgan fingerprint density at radius 3 is 2.15 bits per heavy atom. The van der Waals surface area contributed by atoms with Crippen LogP contribution in [0.4, 0.5) is 14.5 Å². The molecule has 0 saturated heterocycles. The minimum atomic E-state index is -0.491. The van der Waals surface area contributed by atoms with Crippen molar-refractivity contribution in [1.29, 1.82) is 0 Å². The minimum Gasteiger partial charge on any atom is -0.370 e. The maximum atomic E-state index is 14.1. The third kappa shape index (κ3) is 5.08. The highest BCUT2D eigenvalue weighted by molar-refractivity contribution is 5.50. The highest BCUT2D eigenvalue weighted by Gasteiger charge is 2.16. The van der Waals surface area contributed by atoms with Crippen LogP contribution in [0.2, 0.25) is 0 Å². The van der Waals surface area contributed by atoms with Crippen LogP contribution in [0, 0.1) is 11.6 Å². The lowest BCUT2D eigenvalue weighted by Gasteiger charge is -2.23. The zero-order valence-electron chi connectivity index (χ0n) is 13.2. The summed E-state index contributed by atoms with van der Waals surface area (Å²) in [5.41, 5.74) is 0.615. The van der Waals surface area contributed by atoms with Crippen LogP contribution in [0.15, 0.2) is 12.1 Å². The van der Waals surface area contributed by atoms with E-state index in [1.54, 1.807) is 11.9 Å². The smallest absolute Gasteiger partial charge is 0.149 e. The second-order valence-corrected chi connectivity index (χ2v) is 6.29. The summed E-state index contributed by atoms with van der Waals surface area (Å²) in [5.74, 6) is -0.983. The summed E-state index contributed by atoms with van der Waals surface area (Å²) in [6.45, 7) is 9.23. The topological polar surface area (TPSA) is 15.3 Å². The average molecular weight is 284 g/mol. The van der Waals surface area contributed by atoms with E-state index < -0.39 is 11.6 Å². The lowest BCUT2D eigenvalue weighted by molar-refractivity contribution is 0.422. The third-order valence-electron chi connectivity index (χ3n) is 3.13. The standard InChI is InChI=1S/C16H26F2N2/c1-6-7-8-20(5)15-13(17)9-12(10-14(15)18)11-19-16(2,3)4/h9-10,19H,6-8,11H2,1-5H3. The number of nitrogens with one attached hydrogen (secondary N) is 1. The second-order valence-electron chi connectivity index (χ2n) is 6.29. The fourth-order valence-electron chi connectivity index (χ4n) is 1.96. The van der Waals surface area contributed by atoms with Crippen molar-refractivity contribution in [3.8, 4) is 0 Å². The van der Waals surface area contributed by atoms with Gasteiger partial charge >= 0.3 is 0 Å². The summed E-state index contributed by atoms with van der Waals surface area (Å²) in [5, 5.41) is 3.23. The Kier molecular flexibility index (Phi) is 5.93. The lowest BCUT2D eigenvalue weighted by Crippen LogP contribution is -2.35. The van der Waals surface area contributed by atoms with Crippen LogP contribution in [0.5, 0.6) is 0 Å². The molecule has 0 amide bonds. The van der Waals surface area contributed by atoms with Crippen LogP contribution < -0.4 is 10.2 Å². The summed E-state index contributed by atoms with van der Waals surface area (Å²) in [6, 6.07) is 2.83. The van der Waals surface area contributed by atoms with Crippen LogP contribution in [0.25, 0.3) is 0 Å². The van der Waals surface area contributed by atoms with Crippen molar-refractivity contribution in [2.45, 2.75) is 52.6 Å². The van der Waals surface area contributed by atoms with Gasteiger partial charge in [-0.1, -0.05) is 13.3 Å². The molecule has 0 radical (unpaired) electrons. The normalized spacial score (nSPS) is 11.8. The summed E-state index contributed by atoms with van der Waals surface area (Å²) in [6.07, 6.45) is 1.92. The van der Waals surface area contributed by atoms with Crippen LogP contribution in [0.3, 0.4) is 0 Å². The van der Waals surface area contributed by atoms with Gasteiger partial charge in [0.1, 0.15) is 17.3 Å². The molecule has 1 N–H and O–H groups in total. The van der Waals surface area contributed by atoms with E-state index in [0.717, 1.165) is 12.8 Å². The fraction of sp³-hybridized carbons (Fsp3) is 0.625. The van der Waals surface area contributed by atoms with Gasteiger partial charge < -0.3 is 10.2 Å². The van der Waals surface area contributed by atoms with Crippen molar-refractivity contribution in [2.24, 2.45) is 0 Å². The molecule has 1 rings (SSSR count). The van der Waals surface area contributed by atoms with Crippen LogP contribution in [-0.2, 0) is 6.54 Å². The minimum absolute atomic E-state index is 0.0676. The quantitative estimate of drug-likeness (QED) is 0.846. The fourth-order valence-corrected chi connectivity index (χ4v) is 1.96.